The normalized spacial score (nSPS) is 18.0. The summed E-state index contributed by atoms with van der Waals surface area (Å²) >= 11 is 0. The molecule has 0 amide bonds. The molecular weight excluding hydrogens is 286 g/mol. The summed E-state index contributed by atoms with van der Waals surface area (Å²) in [6.07, 6.45) is 3.28. The standard InChI is InChI=1S/C15H19N3O2S/c1-10-4-6-13-12(8-10)5-7-14(13)17-21(19,20)15-11(2)9-16-18(15)3/h4,6,8-9,14,17H,5,7H2,1-3H3. The summed E-state index contributed by atoms with van der Waals surface area (Å²) in [7, 11) is -1.92. The maximum absolute atomic E-state index is 12.6. The minimum absolute atomic E-state index is 0.153. The highest BCUT2D eigenvalue weighted by atomic mass is 32.2. The lowest BCUT2D eigenvalue weighted by molar-refractivity contribution is 0.539. The van der Waals surface area contributed by atoms with Crippen LogP contribution < -0.4 is 4.72 Å². The number of benzene rings is 1. The predicted octanol–water partition coefficient (Wildman–Crippen LogP) is 2.00. The fourth-order valence-electron chi connectivity index (χ4n) is 3.03. The fourth-order valence-corrected chi connectivity index (χ4v) is 4.64. The molecule has 1 aromatic carbocycles. The van der Waals surface area contributed by atoms with Gasteiger partial charge in [0.25, 0.3) is 10.0 Å². The maximum Gasteiger partial charge on any atom is 0.258 e. The molecule has 5 nitrogen and oxygen atoms in total. The van der Waals surface area contributed by atoms with Crippen molar-refractivity contribution in [2.24, 2.45) is 7.05 Å². The van der Waals surface area contributed by atoms with Crippen molar-refractivity contribution >= 4 is 10.0 Å². The lowest BCUT2D eigenvalue weighted by Crippen LogP contribution is -2.29. The van der Waals surface area contributed by atoms with E-state index in [1.807, 2.05) is 12.1 Å². The van der Waals surface area contributed by atoms with Gasteiger partial charge in [-0.05, 0) is 37.8 Å². The number of hydrogen-bond acceptors (Lipinski definition) is 3. The highest BCUT2D eigenvalue weighted by molar-refractivity contribution is 7.89. The molecule has 21 heavy (non-hydrogen) atoms. The van der Waals surface area contributed by atoms with Crippen LogP contribution >= 0.6 is 0 Å². The van der Waals surface area contributed by atoms with Crippen molar-refractivity contribution in [3.8, 4) is 0 Å². The number of hydrogen-bond donors (Lipinski definition) is 1. The first-order valence-electron chi connectivity index (χ1n) is 6.99. The molecule has 1 heterocycles. The third-order valence-corrected chi connectivity index (χ3v) is 5.67. The second-order valence-corrected chi connectivity index (χ2v) is 7.30. The van der Waals surface area contributed by atoms with Gasteiger partial charge in [-0.3, -0.25) is 4.68 Å². The zero-order chi connectivity index (χ0) is 15.2. The summed E-state index contributed by atoms with van der Waals surface area (Å²) in [4.78, 5) is 0. The number of rotatable bonds is 3. The number of nitrogens with zero attached hydrogens (tertiary/aromatic N) is 2. The van der Waals surface area contributed by atoms with E-state index < -0.39 is 10.0 Å². The molecule has 6 heteroatoms. The van der Waals surface area contributed by atoms with Crippen LogP contribution in [-0.2, 0) is 23.5 Å². The van der Waals surface area contributed by atoms with Crippen LogP contribution in [0.25, 0.3) is 0 Å². The molecule has 2 aromatic rings. The monoisotopic (exact) mass is 305 g/mol. The molecule has 0 bridgehead atoms. The molecule has 112 valence electrons. The van der Waals surface area contributed by atoms with Crippen LogP contribution in [0.15, 0.2) is 29.4 Å². The van der Waals surface area contributed by atoms with Crippen LogP contribution in [0.3, 0.4) is 0 Å². The van der Waals surface area contributed by atoms with Gasteiger partial charge >= 0.3 is 0 Å². The Hall–Kier alpha value is -1.66. The first-order chi connectivity index (χ1) is 9.88. The molecule has 1 aliphatic carbocycles. The van der Waals surface area contributed by atoms with Crippen LogP contribution in [0.4, 0.5) is 0 Å². The third kappa shape index (κ3) is 2.49. The van der Waals surface area contributed by atoms with Crippen LogP contribution in [0.5, 0.6) is 0 Å². The Kier molecular flexibility index (Phi) is 3.37. The summed E-state index contributed by atoms with van der Waals surface area (Å²) in [6.45, 7) is 3.81. The van der Waals surface area contributed by atoms with Gasteiger partial charge in [0.05, 0.1) is 6.20 Å². The van der Waals surface area contributed by atoms with Crippen LogP contribution in [-0.4, -0.2) is 18.2 Å². The lowest BCUT2D eigenvalue weighted by Gasteiger charge is -2.15. The van der Waals surface area contributed by atoms with E-state index in [4.69, 9.17) is 0 Å². The van der Waals surface area contributed by atoms with Gasteiger partial charge in [-0.1, -0.05) is 23.8 Å². The molecule has 1 aromatic heterocycles. The molecule has 0 aliphatic heterocycles. The van der Waals surface area contributed by atoms with Gasteiger partial charge in [0.2, 0.25) is 0 Å². The van der Waals surface area contributed by atoms with Gasteiger partial charge in [0.15, 0.2) is 5.03 Å². The first kappa shape index (κ1) is 14.3. The maximum atomic E-state index is 12.6. The summed E-state index contributed by atoms with van der Waals surface area (Å²) < 4.78 is 29.4. The number of aromatic nitrogens is 2. The zero-order valence-corrected chi connectivity index (χ0v) is 13.2. The van der Waals surface area contributed by atoms with Crippen molar-refractivity contribution in [2.75, 3.05) is 0 Å². The SMILES string of the molecule is Cc1ccc2c(c1)CCC2NS(=O)(=O)c1c(C)cnn1C. The molecule has 0 spiro atoms. The lowest BCUT2D eigenvalue weighted by atomic mass is 10.1. The molecule has 1 N–H and O–H groups in total. The Balaban J connectivity index is 1.92. The van der Waals surface area contributed by atoms with Crippen molar-refractivity contribution in [3.63, 3.8) is 0 Å². The molecule has 0 fully saturated rings. The van der Waals surface area contributed by atoms with Crippen molar-refractivity contribution in [3.05, 3.63) is 46.6 Å². The Labute approximate surface area is 125 Å². The number of sulfonamides is 1. The molecule has 0 saturated heterocycles. The average Bonchev–Trinajstić information content (AvgIpc) is 2.93. The van der Waals surface area contributed by atoms with Crippen molar-refractivity contribution in [1.29, 1.82) is 0 Å². The highest BCUT2D eigenvalue weighted by Gasteiger charge is 2.29. The summed E-state index contributed by atoms with van der Waals surface area (Å²) in [5.41, 5.74) is 4.19. The summed E-state index contributed by atoms with van der Waals surface area (Å²) in [6, 6.07) is 6.04. The Morgan fingerprint density at radius 1 is 1.33 bits per heavy atom. The van der Waals surface area contributed by atoms with E-state index in [1.54, 1.807) is 20.2 Å². The molecule has 1 unspecified atom stereocenters. The van der Waals surface area contributed by atoms with E-state index in [0.717, 1.165) is 18.4 Å². The zero-order valence-electron chi connectivity index (χ0n) is 12.4. The minimum atomic E-state index is -3.56. The predicted molar refractivity (Wildman–Crippen MR) is 80.5 cm³/mol. The first-order valence-corrected chi connectivity index (χ1v) is 8.47. The second kappa shape index (κ2) is 4.96. The van der Waals surface area contributed by atoms with Gasteiger partial charge in [-0.25, -0.2) is 13.1 Å². The van der Waals surface area contributed by atoms with Crippen molar-refractivity contribution in [1.82, 2.24) is 14.5 Å². The van der Waals surface area contributed by atoms with E-state index in [0.29, 0.717) is 5.56 Å². The van der Waals surface area contributed by atoms with E-state index in [9.17, 15) is 8.42 Å². The second-order valence-electron chi connectivity index (χ2n) is 5.67. The molecule has 1 aliphatic rings. The van der Waals surface area contributed by atoms with Crippen molar-refractivity contribution < 1.29 is 8.42 Å². The van der Waals surface area contributed by atoms with Gasteiger partial charge in [-0.2, -0.15) is 5.10 Å². The number of aryl methyl sites for hydroxylation is 4. The Bertz CT molecular complexity index is 774. The highest BCUT2D eigenvalue weighted by Crippen LogP contribution is 2.33. The van der Waals surface area contributed by atoms with E-state index in [-0.39, 0.29) is 11.1 Å². The molecule has 0 radical (unpaired) electrons. The summed E-state index contributed by atoms with van der Waals surface area (Å²) in [5, 5.41) is 4.25. The average molecular weight is 305 g/mol. The molecule has 3 rings (SSSR count). The Morgan fingerprint density at radius 2 is 2.10 bits per heavy atom. The van der Waals surface area contributed by atoms with Crippen LogP contribution in [0.2, 0.25) is 0 Å². The number of nitrogens with one attached hydrogen (secondary N) is 1. The Morgan fingerprint density at radius 3 is 2.76 bits per heavy atom. The largest absolute Gasteiger partial charge is 0.258 e. The molecular formula is C15H19N3O2S. The van der Waals surface area contributed by atoms with E-state index >= 15 is 0 Å². The smallest absolute Gasteiger partial charge is 0.256 e. The molecule has 0 saturated carbocycles. The van der Waals surface area contributed by atoms with Crippen molar-refractivity contribution in [2.45, 2.75) is 37.8 Å². The molecule has 1 atom stereocenters. The minimum Gasteiger partial charge on any atom is -0.256 e. The van der Waals surface area contributed by atoms with Crippen LogP contribution in [0, 0.1) is 13.8 Å². The quantitative estimate of drug-likeness (QED) is 0.943. The van der Waals surface area contributed by atoms with Gasteiger partial charge in [0, 0.05) is 18.7 Å². The van der Waals surface area contributed by atoms with Crippen LogP contribution in [0.1, 0.15) is 34.7 Å². The van der Waals surface area contributed by atoms with E-state index in [1.165, 1.54) is 15.8 Å². The number of fused-ring (bicyclic) bond motifs is 1. The summed E-state index contributed by atoms with van der Waals surface area (Å²) in [5.74, 6) is 0. The fraction of sp³-hybridized carbons (Fsp3) is 0.400. The third-order valence-electron chi connectivity index (χ3n) is 3.98. The van der Waals surface area contributed by atoms with E-state index in [2.05, 4.69) is 22.8 Å². The topological polar surface area (TPSA) is 64.0 Å². The van der Waals surface area contributed by atoms with Gasteiger partial charge in [-0.15, -0.1) is 0 Å². The van der Waals surface area contributed by atoms with Gasteiger partial charge < -0.3 is 0 Å². The van der Waals surface area contributed by atoms with Gasteiger partial charge in [0.1, 0.15) is 0 Å².